The molecule has 0 bridgehead atoms. The summed E-state index contributed by atoms with van der Waals surface area (Å²) in [6.45, 7) is 5.92. The van der Waals surface area contributed by atoms with Crippen molar-refractivity contribution in [1.82, 2.24) is 14.8 Å². The number of nitrogens with one attached hydrogen (secondary N) is 1. The van der Waals surface area contributed by atoms with E-state index in [1.807, 2.05) is 35.0 Å². The van der Waals surface area contributed by atoms with Gasteiger partial charge in [-0.1, -0.05) is 55.9 Å². The lowest BCUT2D eigenvalue weighted by atomic mass is 10.2. The molecule has 1 amide bonds. The highest BCUT2D eigenvalue weighted by Crippen LogP contribution is 2.26. The maximum Gasteiger partial charge on any atom is 0.237 e. The van der Waals surface area contributed by atoms with Crippen LogP contribution in [0.5, 0.6) is 0 Å². The van der Waals surface area contributed by atoms with E-state index in [1.54, 1.807) is 31.2 Å². The number of anilines is 1. The van der Waals surface area contributed by atoms with Crippen LogP contribution in [0.3, 0.4) is 0 Å². The van der Waals surface area contributed by atoms with E-state index in [2.05, 4.69) is 35.3 Å². The summed E-state index contributed by atoms with van der Waals surface area (Å²) >= 11 is 1.29. The fourth-order valence-corrected chi connectivity index (χ4v) is 3.38. The highest BCUT2D eigenvalue weighted by molar-refractivity contribution is 8.00. The molecule has 142 valence electrons. The molecule has 3 rings (SSSR count). The predicted molar refractivity (Wildman–Crippen MR) is 111 cm³/mol. The first-order valence-corrected chi connectivity index (χ1v) is 9.86. The number of hydrogen-bond donors (Lipinski definition) is 1. The van der Waals surface area contributed by atoms with Gasteiger partial charge < -0.3 is 5.32 Å². The van der Waals surface area contributed by atoms with E-state index in [4.69, 9.17) is 5.26 Å². The first-order chi connectivity index (χ1) is 13.5. The summed E-state index contributed by atoms with van der Waals surface area (Å²) in [4.78, 5) is 17.2. The predicted octanol–water partition coefficient (Wildman–Crippen LogP) is 4.38. The van der Waals surface area contributed by atoms with E-state index in [0.29, 0.717) is 16.4 Å². The molecule has 0 spiro atoms. The van der Waals surface area contributed by atoms with Gasteiger partial charge in [0.2, 0.25) is 11.1 Å². The second-order valence-corrected chi connectivity index (χ2v) is 7.87. The molecular weight excluding hydrogens is 370 g/mol. The van der Waals surface area contributed by atoms with E-state index >= 15 is 0 Å². The SMILES string of the molecule is CC(C)c1nc(S[C@H](C)C(=O)Nc2ccccc2C#N)nn1-c1ccccc1. The molecule has 1 atom stereocenters. The van der Waals surface area contributed by atoms with Gasteiger partial charge in [0.25, 0.3) is 0 Å². The van der Waals surface area contributed by atoms with Gasteiger partial charge in [-0.05, 0) is 31.2 Å². The summed E-state index contributed by atoms with van der Waals surface area (Å²) in [7, 11) is 0. The van der Waals surface area contributed by atoms with Crippen molar-refractivity contribution >= 4 is 23.4 Å². The number of benzene rings is 2. The zero-order valence-electron chi connectivity index (χ0n) is 16.0. The molecule has 0 unspecified atom stereocenters. The molecule has 0 saturated heterocycles. The molecule has 7 heteroatoms. The van der Waals surface area contributed by atoms with Crippen molar-refractivity contribution in [3.8, 4) is 11.8 Å². The van der Waals surface area contributed by atoms with Gasteiger partial charge in [0.15, 0.2) is 0 Å². The molecule has 0 fully saturated rings. The van der Waals surface area contributed by atoms with Gasteiger partial charge in [0, 0.05) is 5.92 Å². The summed E-state index contributed by atoms with van der Waals surface area (Å²) in [5.41, 5.74) is 1.88. The minimum atomic E-state index is -0.418. The van der Waals surface area contributed by atoms with Crippen LogP contribution in [-0.4, -0.2) is 25.9 Å². The van der Waals surface area contributed by atoms with Crippen molar-refractivity contribution < 1.29 is 4.79 Å². The number of thioether (sulfide) groups is 1. The smallest absolute Gasteiger partial charge is 0.237 e. The maximum atomic E-state index is 12.6. The highest BCUT2D eigenvalue weighted by Gasteiger charge is 2.21. The summed E-state index contributed by atoms with van der Waals surface area (Å²) in [5.74, 6) is 0.833. The van der Waals surface area contributed by atoms with Crippen molar-refractivity contribution in [1.29, 1.82) is 5.26 Å². The zero-order valence-corrected chi connectivity index (χ0v) is 16.8. The fourth-order valence-electron chi connectivity index (χ4n) is 2.62. The monoisotopic (exact) mass is 391 g/mol. The van der Waals surface area contributed by atoms with Crippen LogP contribution < -0.4 is 5.32 Å². The first-order valence-electron chi connectivity index (χ1n) is 8.98. The van der Waals surface area contributed by atoms with Crippen molar-refractivity contribution in [3.05, 3.63) is 66.0 Å². The molecule has 3 aromatic rings. The lowest BCUT2D eigenvalue weighted by Gasteiger charge is -2.11. The van der Waals surface area contributed by atoms with Gasteiger partial charge in [-0.25, -0.2) is 9.67 Å². The van der Waals surface area contributed by atoms with E-state index in [9.17, 15) is 4.79 Å². The molecule has 0 radical (unpaired) electrons. The fraction of sp³-hybridized carbons (Fsp3) is 0.238. The van der Waals surface area contributed by atoms with Crippen LogP contribution >= 0.6 is 11.8 Å². The normalized spacial score (nSPS) is 11.8. The molecule has 0 aliphatic carbocycles. The molecule has 28 heavy (non-hydrogen) atoms. The van der Waals surface area contributed by atoms with E-state index < -0.39 is 5.25 Å². The average molecular weight is 392 g/mol. The van der Waals surface area contributed by atoms with Gasteiger partial charge in [0.1, 0.15) is 11.9 Å². The number of para-hydroxylation sites is 2. The topological polar surface area (TPSA) is 83.6 Å². The number of nitriles is 1. The minimum Gasteiger partial charge on any atom is -0.324 e. The van der Waals surface area contributed by atoms with Crippen LogP contribution in [0.25, 0.3) is 5.69 Å². The van der Waals surface area contributed by atoms with Crippen LogP contribution in [0.2, 0.25) is 0 Å². The number of amides is 1. The van der Waals surface area contributed by atoms with Crippen molar-refractivity contribution in [2.75, 3.05) is 5.32 Å². The molecule has 1 heterocycles. The summed E-state index contributed by atoms with van der Waals surface area (Å²) < 4.78 is 1.82. The Labute approximate surface area is 168 Å². The Hall–Kier alpha value is -3.11. The molecule has 6 nitrogen and oxygen atoms in total. The number of aromatic nitrogens is 3. The van der Waals surface area contributed by atoms with Crippen LogP contribution in [0.15, 0.2) is 59.8 Å². The second kappa shape index (κ2) is 8.72. The Morgan fingerprint density at radius 3 is 2.46 bits per heavy atom. The Morgan fingerprint density at radius 1 is 1.11 bits per heavy atom. The molecule has 1 aromatic heterocycles. The lowest BCUT2D eigenvalue weighted by Crippen LogP contribution is -2.23. The maximum absolute atomic E-state index is 12.6. The van der Waals surface area contributed by atoms with Gasteiger partial charge in [0.05, 0.1) is 22.2 Å². The first kappa shape index (κ1) is 19.6. The number of carbonyl (C=O) groups is 1. The number of hydrogen-bond acceptors (Lipinski definition) is 5. The summed E-state index contributed by atoms with van der Waals surface area (Å²) in [6, 6.07) is 18.8. The number of carbonyl (C=O) groups excluding carboxylic acids is 1. The van der Waals surface area contributed by atoms with Gasteiger partial charge >= 0.3 is 0 Å². The van der Waals surface area contributed by atoms with E-state index in [0.717, 1.165) is 11.5 Å². The van der Waals surface area contributed by atoms with Gasteiger partial charge in [-0.2, -0.15) is 5.26 Å². The summed E-state index contributed by atoms with van der Waals surface area (Å²) in [5, 5.41) is 16.7. The molecule has 0 aliphatic heterocycles. The molecule has 0 saturated carbocycles. The largest absolute Gasteiger partial charge is 0.324 e. The van der Waals surface area contributed by atoms with Crippen LogP contribution in [0.4, 0.5) is 5.69 Å². The van der Waals surface area contributed by atoms with Crippen molar-refractivity contribution in [3.63, 3.8) is 0 Å². The quantitative estimate of drug-likeness (QED) is 0.630. The molecule has 0 aliphatic rings. The highest BCUT2D eigenvalue weighted by atomic mass is 32.2. The third-order valence-electron chi connectivity index (χ3n) is 4.09. The Kier molecular flexibility index (Phi) is 6.12. The Morgan fingerprint density at radius 2 is 1.79 bits per heavy atom. The van der Waals surface area contributed by atoms with Crippen molar-refractivity contribution in [2.45, 2.75) is 37.1 Å². The van der Waals surface area contributed by atoms with Gasteiger partial charge in [-0.15, -0.1) is 5.10 Å². The Balaban J connectivity index is 1.78. The average Bonchev–Trinajstić information content (AvgIpc) is 3.13. The minimum absolute atomic E-state index is 0.189. The zero-order chi connectivity index (χ0) is 20.1. The third-order valence-corrected chi connectivity index (χ3v) is 5.04. The van der Waals surface area contributed by atoms with E-state index in [1.165, 1.54) is 11.8 Å². The number of nitrogens with zero attached hydrogens (tertiary/aromatic N) is 4. The Bertz CT molecular complexity index is 1010. The van der Waals surface area contributed by atoms with Crippen molar-refractivity contribution in [2.24, 2.45) is 0 Å². The molecule has 1 N–H and O–H groups in total. The van der Waals surface area contributed by atoms with Crippen LogP contribution in [-0.2, 0) is 4.79 Å². The number of rotatable bonds is 6. The molecule has 2 aromatic carbocycles. The summed E-state index contributed by atoms with van der Waals surface area (Å²) in [6.07, 6.45) is 0. The standard InChI is InChI=1S/C21H21N5OS/c1-14(2)19-24-21(25-26(19)17-10-5-4-6-11-17)28-15(3)20(27)23-18-12-8-7-9-16(18)13-22/h4-12,14-15H,1-3H3,(H,23,27)/t15-/m1/s1. The van der Waals surface area contributed by atoms with Crippen LogP contribution in [0, 0.1) is 11.3 Å². The molecular formula is C21H21N5OS. The second-order valence-electron chi connectivity index (χ2n) is 6.56. The van der Waals surface area contributed by atoms with Gasteiger partial charge in [-0.3, -0.25) is 4.79 Å². The lowest BCUT2D eigenvalue weighted by molar-refractivity contribution is -0.115. The van der Waals surface area contributed by atoms with Crippen LogP contribution in [0.1, 0.15) is 38.1 Å². The van der Waals surface area contributed by atoms with E-state index in [-0.39, 0.29) is 11.8 Å². The third kappa shape index (κ3) is 4.41.